The molecule has 3 rings (SSSR count). The van der Waals surface area contributed by atoms with Crippen molar-refractivity contribution in [1.82, 2.24) is 9.78 Å². The minimum absolute atomic E-state index is 0.118. The summed E-state index contributed by atoms with van der Waals surface area (Å²) >= 11 is 0. The molecular weight excluding hydrogens is 298 g/mol. The van der Waals surface area contributed by atoms with Crippen LogP contribution in [0.15, 0.2) is 36.7 Å². The summed E-state index contributed by atoms with van der Waals surface area (Å²) in [6, 6.07) is 7.26. The summed E-state index contributed by atoms with van der Waals surface area (Å²) in [5, 5.41) is 4.12. The molecule has 1 atom stereocenters. The lowest BCUT2D eigenvalue weighted by Gasteiger charge is -2.33. The van der Waals surface area contributed by atoms with Crippen LogP contribution < -0.4 is 9.64 Å². The van der Waals surface area contributed by atoms with Gasteiger partial charge in [-0.3, -0.25) is 14.3 Å². The van der Waals surface area contributed by atoms with Gasteiger partial charge in [-0.25, -0.2) is 0 Å². The smallest absolute Gasteiger partial charge is 0.309 e. The summed E-state index contributed by atoms with van der Waals surface area (Å²) in [5.41, 5.74) is 1.58. The fourth-order valence-electron chi connectivity index (χ4n) is 2.54. The van der Waals surface area contributed by atoms with E-state index in [2.05, 4.69) is 9.84 Å². The van der Waals surface area contributed by atoms with Crippen molar-refractivity contribution in [3.63, 3.8) is 0 Å². The monoisotopic (exact) mass is 315 g/mol. The molecule has 1 aliphatic rings. The van der Waals surface area contributed by atoms with Crippen LogP contribution in [0.3, 0.4) is 0 Å². The molecule has 7 heteroatoms. The van der Waals surface area contributed by atoms with Crippen LogP contribution in [0.1, 0.15) is 12.0 Å². The van der Waals surface area contributed by atoms with Crippen molar-refractivity contribution >= 4 is 17.6 Å². The molecule has 0 spiro atoms. The van der Waals surface area contributed by atoms with Gasteiger partial charge in [0.2, 0.25) is 0 Å². The number of hydrogen-bond donors (Lipinski definition) is 0. The Balaban J connectivity index is 1.91. The number of carbonyl (C=O) groups is 2. The zero-order valence-electron chi connectivity index (χ0n) is 12.9. The Hall–Kier alpha value is -2.83. The van der Waals surface area contributed by atoms with Gasteiger partial charge < -0.3 is 14.4 Å². The number of aromatic nitrogens is 2. The number of anilines is 1. The topological polar surface area (TPSA) is 73.7 Å². The van der Waals surface area contributed by atoms with Gasteiger partial charge in [-0.15, -0.1) is 0 Å². The Bertz CT molecular complexity index is 740. The summed E-state index contributed by atoms with van der Waals surface area (Å²) in [6.45, 7) is 0.366. The highest BCUT2D eigenvalue weighted by Gasteiger charge is 2.36. The van der Waals surface area contributed by atoms with Crippen LogP contribution in [0, 0.1) is 0 Å². The molecule has 0 unspecified atom stereocenters. The van der Waals surface area contributed by atoms with Crippen molar-refractivity contribution in [2.45, 2.75) is 19.1 Å². The number of rotatable bonds is 4. The van der Waals surface area contributed by atoms with Crippen LogP contribution in [0.5, 0.6) is 5.75 Å². The quantitative estimate of drug-likeness (QED) is 0.795. The summed E-state index contributed by atoms with van der Waals surface area (Å²) in [6.07, 6.45) is 2.56. The number of carbonyl (C=O) groups excluding carboxylic acids is 2. The highest BCUT2D eigenvalue weighted by molar-refractivity contribution is 6.01. The minimum atomic E-state index is -0.881. The standard InChI is InChI=1S/C16H17N3O4/c1-18-9-11(8-17-18)10-19-12-5-3-4-6-13(12)23-14(16(19)21)7-15(20)22-2/h3-6,8-9,14H,7,10H2,1-2H3/t14-/m0/s1. The first-order chi connectivity index (χ1) is 11.1. The van der Waals surface area contributed by atoms with E-state index in [0.717, 1.165) is 5.56 Å². The number of nitrogens with zero attached hydrogens (tertiary/aromatic N) is 3. The molecule has 1 amide bonds. The van der Waals surface area contributed by atoms with Gasteiger partial charge in [-0.05, 0) is 12.1 Å². The summed E-state index contributed by atoms with van der Waals surface area (Å²) in [7, 11) is 3.11. The Morgan fingerprint density at radius 1 is 1.39 bits per heavy atom. The molecule has 0 fully saturated rings. The van der Waals surface area contributed by atoms with Gasteiger partial charge >= 0.3 is 5.97 Å². The second kappa shape index (κ2) is 6.12. The van der Waals surface area contributed by atoms with Crippen LogP contribution in [0.2, 0.25) is 0 Å². The van der Waals surface area contributed by atoms with Gasteiger partial charge in [0, 0.05) is 18.8 Å². The molecule has 0 N–H and O–H groups in total. The Morgan fingerprint density at radius 3 is 2.87 bits per heavy atom. The summed E-state index contributed by atoms with van der Waals surface area (Å²) in [5.74, 6) is -0.174. The fraction of sp³-hybridized carbons (Fsp3) is 0.312. The maximum atomic E-state index is 12.7. The van der Waals surface area contributed by atoms with Crippen molar-refractivity contribution < 1.29 is 19.1 Å². The number of methoxy groups -OCH3 is 1. The molecule has 1 aliphatic heterocycles. The van der Waals surface area contributed by atoms with Gasteiger partial charge in [0.25, 0.3) is 5.91 Å². The molecule has 7 nitrogen and oxygen atoms in total. The fourth-order valence-corrected chi connectivity index (χ4v) is 2.54. The van der Waals surface area contributed by atoms with Crippen LogP contribution >= 0.6 is 0 Å². The molecule has 0 radical (unpaired) electrons. The van der Waals surface area contributed by atoms with E-state index in [1.807, 2.05) is 31.4 Å². The summed E-state index contributed by atoms with van der Waals surface area (Å²) in [4.78, 5) is 25.9. The van der Waals surface area contributed by atoms with Crippen LogP contribution in [-0.4, -0.2) is 34.9 Å². The van der Waals surface area contributed by atoms with E-state index in [0.29, 0.717) is 18.0 Å². The number of fused-ring (bicyclic) bond motifs is 1. The minimum Gasteiger partial charge on any atom is -0.478 e. The van der Waals surface area contributed by atoms with E-state index in [-0.39, 0.29) is 12.3 Å². The first kappa shape index (κ1) is 15.1. The lowest BCUT2D eigenvalue weighted by molar-refractivity contribution is -0.145. The van der Waals surface area contributed by atoms with E-state index in [4.69, 9.17) is 4.74 Å². The lowest BCUT2D eigenvalue weighted by Crippen LogP contribution is -2.46. The first-order valence-electron chi connectivity index (χ1n) is 7.20. The number of hydrogen-bond acceptors (Lipinski definition) is 5. The van der Waals surface area contributed by atoms with Gasteiger partial charge in [0.05, 0.1) is 32.0 Å². The molecule has 1 aromatic carbocycles. The Kier molecular flexibility index (Phi) is 4.01. The van der Waals surface area contributed by atoms with E-state index >= 15 is 0 Å². The van der Waals surface area contributed by atoms with Gasteiger partial charge in [-0.1, -0.05) is 12.1 Å². The molecule has 0 bridgehead atoms. The van der Waals surface area contributed by atoms with E-state index in [9.17, 15) is 9.59 Å². The van der Waals surface area contributed by atoms with E-state index in [1.165, 1.54) is 7.11 Å². The number of aryl methyl sites for hydroxylation is 1. The Morgan fingerprint density at radius 2 is 2.17 bits per heavy atom. The van der Waals surface area contributed by atoms with E-state index < -0.39 is 12.1 Å². The molecule has 0 aliphatic carbocycles. The maximum absolute atomic E-state index is 12.7. The second-order valence-electron chi connectivity index (χ2n) is 5.30. The number of esters is 1. The normalized spacial score (nSPS) is 16.7. The van der Waals surface area contributed by atoms with Crippen molar-refractivity contribution in [2.24, 2.45) is 7.05 Å². The third kappa shape index (κ3) is 3.03. The predicted molar refractivity (Wildman–Crippen MR) is 81.9 cm³/mol. The average molecular weight is 315 g/mol. The van der Waals surface area contributed by atoms with E-state index in [1.54, 1.807) is 21.8 Å². The average Bonchev–Trinajstić information content (AvgIpc) is 2.96. The van der Waals surface area contributed by atoms with Gasteiger partial charge in [-0.2, -0.15) is 5.10 Å². The number of ether oxygens (including phenoxy) is 2. The maximum Gasteiger partial charge on any atom is 0.309 e. The number of para-hydroxylation sites is 2. The molecule has 0 saturated carbocycles. The van der Waals surface area contributed by atoms with Crippen LogP contribution in [0.25, 0.3) is 0 Å². The van der Waals surface area contributed by atoms with Crippen molar-refractivity contribution in [1.29, 1.82) is 0 Å². The van der Waals surface area contributed by atoms with Crippen molar-refractivity contribution in [3.8, 4) is 5.75 Å². The van der Waals surface area contributed by atoms with Crippen molar-refractivity contribution in [2.75, 3.05) is 12.0 Å². The highest BCUT2D eigenvalue weighted by Crippen LogP contribution is 2.35. The molecule has 120 valence electrons. The largest absolute Gasteiger partial charge is 0.478 e. The van der Waals surface area contributed by atoms with Gasteiger partial charge in [0.15, 0.2) is 6.10 Å². The second-order valence-corrected chi connectivity index (χ2v) is 5.30. The molecule has 23 heavy (non-hydrogen) atoms. The zero-order valence-corrected chi connectivity index (χ0v) is 12.9. The predicted octanol–water partition coefficient (Wildman–Crippen LogP) is 1.28. The third-order valence-corrected chi connectivity index (χ3v) is 3.65. The molecule has 1 aromatic heterocycles. The molecular formula is C16H17N3O4. The molecule has 2 aromatic rings. The van der Waals surface area contributed by atoms with Gasteiger partial charge in [0.1, 0.15) is 5.75 Å². The van der Waals surface area contributed by atoms with Crippen molar-refractivity contribution in [3.05, 3.63) is 42.2 Å². The lowest BCUT2D eigenvalue weighted by atomic mass is 10.1. The first-order valence-corrected chi connectivity index (χ1v) is 7.20. The number of benzene rings is 1. The van der Waals surface area contributed by atoms with Crippen LogP contribution in [0.4, 0.5) is 5.69 Å². The molecule has 2 heterocycles. The number of amides is 1. The zero-order chi connectivity index (χ0) is 16.4. The van der Waals surface area contributed by atoms with Crippen LogP contribution in [-0.2, 0) is 27.9 Å². The SMILES string of the molecule is COC(=O)C[C@@H]1Oc2ccccc2N(Cc2cnn(C)c2)C1=O. The Labute approximate surface area is 133 Å². The highest BCUT2D eigenvalue weighted by atomic mass is 16.5. The third-order valence-electron chi connectivity index (χ3n) is 3.65. The summed E-state index contributed by atoms with van der Waals surface area (Å²) < 4.78 is 12.0. The molecule has 0 saturated heterocycles.